The molecular weight excluding hydrogens is 260 g/mol. The van der Waals surface area contributed by atoms with E-state index in [2.05, 4.69) is 19.1 Å². The Morgan fingerprint density at radius 3 is 2.14 bits per heavy atom. The molecule has 1 N–H and O–H groups in total. The number of ketones is 1. The molecule has 0 spiro atoms. The Hall–Kier alpha value is -2.09. The number of Topliss-reactive ketones (excluding diaryl/α,β-unsaturated/α-hetero) is 1. The summed E-state index contributed by atoms with van der Waals surface area (Å²) in [6, 6.07) is 17.7. The lowest BCUT2D eigenvalue weighted by molar-refractivity contribution is -0.117. The average Bonchev–Trinajstić information content (AvgIpc) is 2.48. The highest BCUT2D eigenvalue weighted by Crippen LogP contribution is 2.37. The summed E-state index contributed by atoms with van der Waals surface area (Å²) >= 11 is 0. The number of phenols is 1. The van der Waals surface area contributed by atoms with Gasteiger partial charge in [-0.05, 0) is 43.0 Å². The second kappa shape index (κ2) is 6.57. The summed E-state index contributed by atoms with van der Waals surface area (Å²) < 4.78 is 0. The number of aromatic hydroxyl groups is 1. The van der Waals surface area contributed by atoms with Crippen LogP contribution in [-0.2, 0) is 10.2 Å². The first kappa shape index (κ1) is 15.3. The minimum atomic E-state index is -0.148. The lowest BCUT2D eigenvalue weighted by Gasteiger charge is -2.31. The highest BCUT2D eigenvalue weighted by Gasteiger charge is 2.28. The molecule has 21 heavy (non-hydrogen) atoms. The Labute approximate surface area is 126 Å². The number of hydrogen-bond acceptors (Lipinski definition) is 2. The van der Waals surface area contributed by atoms with Gasteiger partial charge in [0.2, 0.25) is 0 Å². The van der Waals surface area contributed by atoms with Crippen LogP contribution in [0.4, 0.5) is 0 Å². The van der Waals surface area contributed by atoms with Gasteiger partial charge in [0.15, 0.2) is 0 Å². The van der Waals surface area contributed by atoms with Crippen LogP contribution in [-0.4, -0.2) is 10.9 Å². The van der Waals surface area contributed by atoms with Gasteiger partial charge in [0.25, 0.3) is 0 Å². The van der Waals surface area contributed by atoms with Crippen molar-refractivity contribution in [3.8, 4) is 5.75 Å². The van der Waals surface area contributed by atoms with Crippen molar-refractivity contribution in [2.45, 2.75) is 38.5 Å². The highest BCUT2D eigenvalue weighted by atomic mass is 16.3. The number of rotatable bonds is 6. The molecular formula is C19H22O2. The van der Waals surface area contributed by atoms with Crippen molar-refractivity contribution >= 4 is 5.78 Å². The fourth-order valence-electron chi connectivity index (χ4n) is 2.78. The minimum absolute atomic E-state index is 0.148. The van der Waals surface area contributed by atoms with Gasteiger partial charge < -0.3 is 9.90 Å². The predicted octanol–water partition coefficient (Wildman–Crippen LogP) is 4.46. The summed E-state index contributed by atoms with van der Waals surface area (Å²) in [6.45, 7) is 3.84. The summed E-state index contributed by atoms with van der Waals surface area (Å²) in [4.78, 5) is 11.2. The molecule has 2 nitrogen and oxygen atoms in total. The number of hydrogen-bond donors (Lipinski definition) is 1. The summed E-state index contributed by atoms with van der Waals surface area (Å²) in [7, 11) is 0. The van der Waals surface area contributed by atoms with E-state index in [9.17, 15) is 9.90 Å². The largest absolute Gasteiger partial charge is 0.508 e. The van der Waals surface area contributed by atoms with Gasteiger partial charge in [-0.1, -0.05) is 49.4 Å². The zero-order chi connectivity index (χ0) is 15.3. The normalized spacial score (nSPS) is 13.6. The first-order valence-electron chi connectivity index (χ1n) is 7.37. The van der Waals surface area contributed by atoms with Gasteiger partial charge in [-0.3, -0.25) is 0 Å². The van der Waals surface area contributed by atoms with Crippen molar-refractivity contribution in [2.75, 3.05) is 0 Å². The number of carbonyl (C=O) groups excluding carboxylic acids is 1. The maximum atomic E-state index is 11.2. The maximum Gasteiger partial charge on any atom is 0.129 e. The molecule has 0 aliphatic carbocycles. The molecule has 0 aliphatic rings. The molecule has 0 fully saturated rings. The van der Waals surface area contributed by atoms with Gasteiger partial charge in [0.1, 0.15) is 11.5 Å². The first-order chi connectivity index (χ1) is 10.0. The molecule has 0 aliphatic heterocycles. The van der Waals surface area contributed by atoms with Crippen molar-refractivity contribution in [3.63, 3.8) is 0 Å². The fourth-order valence-corrected chi connectivity index (χ4v) is 2.78. The average molecular weight is 282 g/mol. The van der Waals surface area contributed by atoms with Crippen LogP contribution in [0.5, 0.6) is 5.75 Å². The Bertz CT molecular complexity index is 587. The van der Waals surface area contributed by atoms with Crippen molar-refractivity contribution < 1.29 is 9.90 Å². The molecule has 2 aromatic carbocycles. The van der Waals surface area contributed by atoms with E-state index in [1.54, 1.807) is 19.1 Å². The van der Waals surface area contributed by atoms with E-state index < -0.39 is 0 Å². The first-order valence-corrected chi connectivity index (χ1v) is 7.37. The van der Waals surface area contributed by atoms with Crippen molar-refractivity contribution in [1.82, 2.24) is 0 Å². The molecule has 0 radical (unpaired) electrons. The molecule has 2 aromatic rings. The van der Waals surface area contributed by atoms with Gasteiger partial charge in [0.05, 0.1) is 0 Å². The Kier molecular flexibility index (Phi) is 4.79. The van der Waals surface area contributed by atoms with Crippen LogP contribution in [0.1, 0.15) is 44.2 Å². The standard InChI is InChI=1S/C19H22O2/c1-15(20)7-6-14-19(2,16-8-4-3-5-9-16)17-10-12-18(21)13-11-17/h3-5,8-13,21H,6-7,14H2,1-2H3. The maximum absolute atomic E-state index is 11.2. The van der Waals surface area contributed by atoms with E-state index in [-0.39, 0.29) is 16.9 Å². The van der Waals surface area contributed by atoms with Gasteiger partial charge in [-0.2, -0.15) is 0 Å². The molecule has 0 saturated heterocycles. The molecule has 1 unspecified atom stereocenters. The van der Waals surface area contributed by atoms with E-state index in [1.807, 2.05) is 30.3 Å². The van der Waals surface area contributed by atoms with E-state index in [1.165, 1.54) is 5.56 Å². The molecule has 0 bridgehead atoms. The van der Waals surface area contributed by atoms with E-state index in [0.717, 1.165) is 18.4 Å². The molecule has 1 atom stereocenters. The number of carbonyl (C=O) groups is 1. The van der Waals surface area contributed by atoms with Crippen LogP contribution >= 0.6 is 0 Å². The van der Waals surface area contributed by atoms with Crippen LogP contribution in [0.3, 0.4) is 0 Å². The monoisotopic (exact) mass is 282 g/mol. The fraction of sp³-hybridized carbons (Fsp3) is 0.316. The summed E-state index contributed by atoms with van der Waals surface area (Å²) in [6.07, 6.45) is 2.38. The summed E-state index contributed by atoms with van der Waals surface area (Å²) in [5, 5.41) is 9.50. The third-order valence-corrected chi connectivity index (χ3v) is 4.12. The van der Waals surface area contributed by atoms with Gasteiger partial charge >= 0.3 is 0 Å². The molecule has 2 rings (SSSR count). The zero-order valence-corrected chi connectivity index (χ0v) is 12.7. The predicted molar refractivity (Wildman–Crippen MR) is 85.5 cm³/mol. The second-order valence-electron chi connectivity index (χ2n) is 5.80. The second-order valence-corrected chi connectivity index (χ2v) is 5.80. The third-order valence-electron chi connectivity index (χ3n) is 4.12. The van der Waals surface area contributed by atoms with E-state index >= 15 is 0 Å². The lowest BCUT2D eigenvalue weighted by Crippen LogP contribution is -2.23. The number of phenolic OH excluding ortho intramolecular Hbond substituents is 1. The highest BCUT2D eigenvalue weighted by molar-refractivity contribution is 5.75. The Morgan fingerprint density at radius 1 is 1.00 bits per heavy atom. The van der Waals surface area contributed by atoms with Gasteiger partial charge in [0, 0.05) is 11.8 Å². The summed E-state index contributed by atoms with van der Waals surface area (Å²) in [5.41, 5.74) is 2.25. The molecule has 2 heteroatoms. The van der Waals surface area contributed by atoms with E-state index in [4.69, 9.17) is 0 Å². The molecule has 0 aromatic heterocycles. The Balaban J connectivity index is 2.33. The smallest absolute Gasteiger partial charge is 0.129 e. The Morgan fingerprint density at radius 2 is 1.57 bits per heavy atom. The molecule has 110 valence electrons. The minimum Gasteiger partial charge on any atom is -0.508 e. The van der Waals surface area contributed by atoms with E-state index in [0.29, 0.717) is 6.42 Å². The van der Waals surface area contributed by atoms with Crippen LogP contribution in [0.25, 0.3) is 0 Å². The van der Waals surface area contributed by atoms with Crippen LogP contribution in [0, 0.1) is 0 Å². The van der Waals surface area contributed by atoms with Crippen molar-refractivity contribution in [1.29, 1.82) is 0 Å². The third kappa shape index (κ3) is 3.72. The quantitative estimate of drug-likeness (QED) is 0.849. The zero-order valence-electron chi connectivity index (χ0n) is 12.7. The lowest BCUT2D eigenvalue weighted by atomic mass is 9.72. The molecule has 0 saturated carbocycles. The molecule has 0 heterocycles. The van der Waals surface area contributed by atoms with Crippen LogP contribution in [0.2, 0.25) is 0 Å². The van der Waals surface area contributed by atoms with Crippen molar-refractivity contribution in [2.24, 2.45) is 0 Å². The topological polar surface area (TPSA) is 37.3 Å². The summed E-state index contributed by atoms with van der Waals surface area (Å²) in [5.74, 6) is 0.508. The number of benzene rings is 2. The van der Waals surface area contributed by atoms with Crippen molar-refractivity contribution in [3.05, 3.63) is 65.7 Å². The van der Waals surface area contributed by atoms with Gasteiger partial charge in [-0.15, -0.1) is 0 Å². The van der Waals surface area contributed by atoms with Crippen LogP contribution < -0.4 is 0 Å². The molecule has 0 amide bonds. The SMILES string of the molecule is CC(=O)CCCC(C)(c1ccccc1)c1ccc(O)cc1. The van der Waals surface area contributed by atoms with Crippen LogP contribution in [0.15, 0.2) is 54.6 Å². The van der Waals surface area contributed by atoms with Gasteiger partial charge in [-0.25, -0.2) is 0 Å².